The summed E-state index contributed by atoms with van der Waals surface area (Å²) in [5.41, 5.74) is 0. The maximum Gasteiger partial charge on any atom is 0.0206 e. The van der Waals surface area contributed by atoms with Crippen LogP contribution in [0.2, 0.25) is 0 Å². The van der Waals surface area contributed by atoms with Gasteiger partial charge in [-0.15, -0.1) is 24.4 Å². The molecular weight excluding hydrogens is 192 g/mol. The molecule has 0 radical (unpaired) electrons. The fourth-order valence-electron chi connectivity index (χ4n) is 0.735. The third kappa shape index (κ3) is 3.01. The molecule has 0 aromatic heterocycles. The van der Waals surface area contributed by atoms with Crippen LogP contribution in [0, 0.1) is 0 Å². The number of thioether (sulfide) groups is 1. The van der Waals surface area contributed by atoms with Crippen molar-refractivity contribution >= 4 is 37.0 Å². The number of thiol groups is 2. The first-order valence-corrected chi connectivity index (χ1v) is 5.43. The van der Waals surface area contributed by atoms with Crippen molar-refractivity contribution in [1.29, 1.82) is 0 Å². The lowest BCUT2D eigenvalue weighted by molar-refractivity contribution is 1.26. The average Bonchev–Trinajstić information content (AvgIpc) is 2.03. The van der Waals surface area contributed by atoms with E-state index < -0.39 is 0 Å². The predicted molar refractivity (Wildman–Crippen MR) is 58.3 cm³/mol. The van der Waals surface area contributed by atoms with E-state index >= 15 is 0 Å². The molecule has 0 fully saturated rings. The highest BCUT2D eigenvalue weighted by Gasteiger charge is 1.95. The number of hydrogen-bond donors (Lipinski definition) is 2. The molecule has 0 atom stereocenters. The second-order valence-electron chi connectivity index (χ2n) is 2.04. The molecule has 1 aromatic rings. The Kier molecular flexibility index (Phi) is 4.26. The topological polar surface area (TPSA) is 0 Å². The molecular formula is C8H10S3. The Morgan fingerprint density at radius 3 is 2.64 bits per heavy atom. The van der Waals surface area contributed by atoms with E-state index in [1.54, 1.807) is 11.8 Å². The molecule has 0 N–H and O–H groups in total. The average molecular weight is 202 g/mol. The molecule has 60 valence electrons. The normalized spacial score (nSPS) is 10.0. The van der Waals surface area contributed by atoms with Gasteiger partial charge < -0.3 is 0 Å². The van der Waals surface area contributed by atoms with Crippen LogP contribution in [0.5, 0.6) is 0 Å². The van der Waals surface area contributed by atoms with Gasteiger partial charge in [0.25, 0.3) is 0 Å². The van der Waals surface area contributed by atoms with Gasteiger partial charge in [0.2, 0.25) is 0 Å². The van der Waals surface area contributed by atoms with Crippen LogP contribution in [0.15, 0.2) is 34.1 Å². The summed E-state index contributed by atoms with van der Waals surface area (Å²) in [6.45, 7) is 0. The molecule has 0 bridgehead atoms. The van der Waals surface area contributed by atoms with E-state index in [4.69, 9.17) is 0 Å². The minimum atomic E-state index is 0.910. The second kappa shape index (κ2) is 5.01. The van der Waals surface area contributed by atoms with E-state index in [0.717, 1.165) is 16.4 Å². The van der Waals surface area contributed by atoms with Crippen LogP contribution in [0.1, 0.15) is 0 Å². The second-order valence-corrected chi connectivity index (χ2v) is 4.11. The zero-order chi connectivity index (χ0) is 8.10. The smallest absolute Gasteiger partial charge is 0.0206 e. The lowest BCUT2D eigenvalue weighted by Crippen LogP contribution is -1.80. The Morgan fingerprint density at radius 2 is 2.00 bits per heavy atom. The van der Waals surface area contributed by atoms with E-state index in [-0.39, 0.29) is 0 Å². The molecule has 3 heteroatoms. The third-order valence-corrected chi connectivity index (χ3v) is 3.36. The van der Waals surface area contributed by atoms with Crippen molar-refractivity contribution < 1.29 is 0 Å². The molecule has 11 heavy (non-hydrogen) atoms. The number of hydrogen-bond acceptors (Lipinski definition) is 3. The minimum absolute atomic E-state index is 0.910. The van der Waals surface area contributed by atoms with Crippen LogP contribution in [-0.2, 0) is 0 Å². The summed E-state index contributed by atoms with van der Waals surface area (Å²) in [5.74, 6) is 1.95. The van der Waals surface area contributed by atoms with Gasteiger partial charge in [-0.3, -0.25) is 0 Å². The first-order chi connectivity index (χ1) is 5.34. The standard InChI is InChI=1S/C8H10S3/c9-5-6-11-8-4-2-1-3-7(8)10/h1-4,9-10H,5-6H2. The molecule has 1 rings (SSSR count). The Labute approximate surface area is 82.6 Å². The van der Waals surface area contributed by atoms with Crippen LogP contribution in [0.4, 0.5) is 0 Å². The fraction of sp³-hybridized carbons (Fsp3) is 0.250. The Hall–Kier alpha value is 0.270. The third-order valence-electron chi connectivity index (χ3n) is 1.21. The van der Waals surface area contributed by atoms with Gasteiger partial charge in [0.05, 0.1) is 0 Å². The Bertz CT molecular complexity index is 222. The van der Waals surface area contributed by atoms with Crippen molar-refractivity contribution in [2.24, 2.45) is 0 Å². The monoisotopic (exact) mass is 202 g/mol. The SMILES string of the molecule is SCCSc1ccccc1S. The molecule has 1 aromatic carbocycles. The molecule has 0 saturated heterocycles. The van der Waals surface area contributed by atoms with Crippen molar-refractivity contribution in [3.05, 3.63) is 24.3 Å². The maximum atomic E-state index is 4.32. The van der Waals surface area contributed by atoms with Gasteiger partial charge in [0.1, 0.15) is 0 Å². The molecule has 0 spiro atoms. The highest BCUT2D eigenvalue weighted by molar-refractivity contribution is 8.00. The molecule has 0 unspecified atom stereocenters. The van der Waals surface area contributed by atoms with Gasteiger partial charge in [-0.2, -0.15) is 12.6 Å². The molecule has 0 amide bonds. The summed E-state index contributed by atoms with van der Waals surface area (Å²) < 4.78 is 0. The van der Waals surface area contributed by atoms with Gasteiger partial charge >= 0.3 is 0 Å². The van der Waals surface area contributed by atoms with Crippen molar-refractivity contribution in [3.8, 4) is 0 Å². The molecule has 0 saturated carbocycles. The lowest BCUT2D eigenvalue weighted by atomic mass is 10.4. The molecule has 0 aliphatic heterocycles. The Balaban J connectivity index is 2.62. The predicted octanol–water partition coefficient (Wildman–Crippen LogP) is 3.00. The summed E-state index contributed by atoms with van der Waals surface area (Å²) in [5, 5.41) is 0. The van der Waals surface area contributed by atoms with Gasteiger partial charge in [0.15, 0.2) is 0 Å². The largest absolute Gasteiger partial charge is 0.178 e. The van der Waals surface area contributed by atoms with Crippen molar-refractivity contribution in [2.45, 2.75) is 9.79 Å². The summed E-state index contributed by atoms with van der Waals surface area (Å²) in [6, 6.07) is 8.11. The molecule has 0 nitrogen and oxygen atoms in total. The van der Waals surface area contributed by atoms with Gasteiger partial charge in [-0.1, -0.05) is 12.1 Å². The van der Waals surface area contributed by atoms with Gasteiger partial charge in [0, 0.05) is 15.5 Å². The van der Waals surface area contributed by atoms with Crippen molar-refractivity contribution in [2.75, 3.05) is 11.5 Å². The summed E-state index contributed by atoms with van der Waals surface area (Å²) >= 11 is 10.3. The van der Waals surface area contributed by atoms with Crippen molar-refractivity contribution in [3.63, 3.8) is 0 Å². The van der Waals surface area contributed by atoms with Crippen LogP contribution in [0.3, 0.4) is 0 Å². The highest BCUT2D eigenvalue weighted by atomic mass is 32.2. The van der Waals surface area contributed by atoms with E-state index in [1.807, 2.05) is 18.2 Å². The zero-order valence-electron chi connectivity index (χ0n) is 6.03. The van der Waals surface area contributed by atoms with E-state index in [9.17, 15) is 0 Å². The first kappa shape index (κ1) is 9.36. The quantitative estimate of drug-likeness (QED) is 0.561. The van der Waals surface area contributed by atoms with Crippen molar-refractivity contribution in [1.82, 2.24) is 0 Å². The minimum Gasteiger partial charge on any atom is -0.178 e. The number of rotatable bonds is 3. The molecule has 0 aliphatic rings. The summed E-state index contributed by atoms with van der Waals surface area (Å²) in [6.07, 6.45) is 0. The summed E-state index contributed by atoms with van der Waals surface area (Å²) in [4.78, 5) is 2.30. The lowest BCUT2D eigenvalue weighted by Gasteiger charge is -2.01. The van der Waals surface area contributed by atoms with Crippen LogP contribution < -0.4 is 0 Å². The number of benzene rings is 1. The van der Waals surface area contributed by atoms with E-state index in [0.29, 0.717) is 0 Å². The fourth-order valence-corrected chi connectivity index (χ4v) is 2.06. The van der Waals surface area contributed by atoms with Gasteiger partial charge in [-0.25, -0.2) is 0 Å². The van der Waals surface area contributed by atoms with Crippen LogP contribution >= 0.6 is 37.0 Å². The van der Waals surface area contributed by atoms with E-state index in [2.05, 4.69) is 31.3 Å². The molecule has 0 aliphatic carbocycles. The molecule has 0 heterocycles. The van der Waals surface area contributed by atoms with E-state index in [1.165, 1.54) is 4.90 Å². The maximum absolute atomic E-state index is 4.32. The summed E-state index contributed by atoms with van der Waals surface area (Å²) in [7, 11) is 0. The van der Waals surface area contributed by atoms with Crippen LogP contribution in [-0.4, -0.2) is 11.5 Å². The van der Waals surface area contributed by atoms with Gasteiger partial charge in [-0.05, 0) is 17.9 Å². The Morgan fingerprint density at radius 1 is 1.27 bits per heavy atom. The first-order valence-electron chi connectivity index (χ1n) is 3.36. The zero-order valence-corrected chi connectivity index (χ0v) is 8.63. The highest BCUT2D eigenvalue weighted by Crippen LogP contribution is 2.24. The van der Waals surface area contributed by atoms with Crippen LogP contribution in [0.25, 0.3) is 0 Å².